The molecule has 0 saturated carbocycles. The molecule has 18 heavy (non-hydrogen) atoms. The number of pyridine rings is 1. The first-order chi connectivity index (χ1) is 8.50. The SMILES string of the molecule is CC1CS(=O)(=O)CCN1Cc1ccnc(NN)c1. The molecule has 0 bridgehead atoms. The van der Waals surface area contributed by atoms with Gasteiger partial charge >= 0.3 is 0 Å². The van der Waals surface area contributed by atoms with Crippen LogP contribution in [0.2, 0.25) is 0 Å². The summed E-state index contributed by atoms with van der Waals surface area (Å²) in [7, 11) is -2.86. The molecule has 1 aromatic rings. The van der Waals surface area contributed by atoms with Crippen LogP contribution in [-0.4, -0.2) is 42.4 Å². The van der Waals surface area contributed by atoms with E-state index >= 15 is 0 Å². The Morgan fingerprint density at radius 3 is 3.06 bits per heavy atom. The van der Waals surface area contributed by atoms with Crippen LogP contribution >= 0.6 is 0 Å². The van der Waals surface area contributed by atoms with Gasteiger partial charge in [-0.1, -0.05) is 0 Å². The zero-order valence-electron chi connectivity index (χ0n) is 10.3. The van der Waals surface area contributed by atoms with Gasteiger partial charge in [-0.15, -0.1) is 0 Å². The highest BCUT2D eigenvalue weighted by Gasteiger charge is 2.27. The van der Waals surface area contributed by atoms with E-state index in [0.717, 1.165) is 5.56 Å². The fourth-order valence-corrected chi connectivity index (χ4v) is 3.78. The van der Waals surface area contributed by atoms with Crippen LogP contribution < -0.4 is 11.3 Å². The highest BCUT2D eigenvalue weighted by atomic mass is 32.2. The molecule has 0 aliphatic carbocycles. The summed E-state index contributed by atoms with van der Waals surface area (Å²) in [6.07, 6.45) is 1.69. The van der Waals surface area contributed by atoms with Gasteiger partial charge in [-0.25, -0.2) is 19.2 Å². The van der Waals surface area contributed by atoms with Gasteiger partial charge in [-0.3, -0.25) is 4.90 Å². The third kappa shape index (κ3) is 3.18. The van der Waals surface area contributed by atoms with Gasteiger partial charge in [0.25, 0.3) is 0 Å². The zero-order chi connectivity index (χ0) is 13.2. The lowest BCUT2D eigenvalue weighted by Gasteiger charge is -2.33. The maximum Gasteiger partial charge on any atom is 0.153 e. The van der Waals surface area contributed by atoms with Crippen LogP contribution in [0.15, 0.2) is 18.3 Å². The van der Waals surface area contributed by atoms with E-state index in [1.54, 1.807) is 6.20 Å². The Kier molecular flexibility index (Phi) is 3.84. The van der Waals surface area contributed by atoms with Crippen LogP contribution in [0, 0.1) is 0 Å². The lowest BCUT2D eigenvalue weighted by molar-refractivity contribution is 0.218. The van der Waals surface area contributed by atoms with Crippen LogP contribution in [0.5, 0.6) is 0 Å². The number of hydrogen-bond donors (Lipinski definition) is 2. The lowest BCUT2D eigenvalue weighted by Crippen LogP contribution is -2.46. The normalized spacial score (nSPS) is 23.8. The summed E-state index contributed by atoms with van der Waals surface area (Å²) >= 11 is 0. The molecule has 1 aliphatic heterocycles. The topological polar surface area (TPSA) is 88.3 Å². The van der Waals surface area contributed by atoms with Gasteiger partial charge in [0.05, 0.1) is 11.5 Å². The van der Waals surface area contributed by atoms with Crippen molar-refractivity contribution in [1.82, 2.24) is 9.88 Å². The number of nitrogen functional groups attached to an aromatic ring is 1. The number of nitrogens with two attached hydrogens (primary N) is 1. The van der Waals surface area contributed by atoms with Gasteiger partial charge in [-0.2, -0.15) is 0 Å². The molecule has 1 aliphatic rings. The number of hydrazine groups is 1. The van der Waals surface area contributed by atoms with Gasteiger partial charge in [0.1, 0.15) is 5.82 Å². The number of anilines is 1. The van der Waals surface area contributed by atoms with Crippen molar-refractivity contribution < 1.29 is 8.42 Å². The maximum absolute atomic E-state index is 11.5. The average molecular weight is 270 g/mol. The van der Waals surface area contributed by atoms with E-state index in [2.05, 4.69) is 15.3 Å². The first-order valence-corrected chi connectivity index (χ1v) is 7.68. The van der Waals surface area contributed by atoms with Crippen molar-refractivity contribution in [3.8, 4) is 0 Å². The van der Waals surface area contributed by atoms with E-state index in [4.69, 9.17) is 5.84 Å². The Balaban J connectivity index is 2.05. The van der Waals surface area contributed by atoms with Crippen molar-refractivity contribution in [2.45, 2.75) is 19.5 Å². The Labute approximate surface area is 107 Å². The van der Waals surface area contributed by atoms with E-state index in [0.29, 0.717) is 18.9 Å². The van der Waals surface area contributed by atoms with E-state index in [1.165, 1.54) is 0 Å². The van der Waals surface area contributed by atoms with Crippen LogP contribution in [0.3, 0.4) is 0 Å². The molecule has 1 fully saturated rings. The monoisotopic (exact) mass is 270 g/mol. The standard InChI is InChI=1S/C11H18N4O2S/c1-9-8-18(16,17)5-4-15(9)7-10-2-3-13-11(6-10)14-12/h2-3,6,9H,4-5,7-8,12H2,1H3,(H,13,14). The van der Waals surface area contributed by atoms with E-state index < -0.39 is 9.84 Å². The maximum atomic E-state index is 11.5. The predicted molar refractivity (Wildman–Crippen MR) is 70.6 cm³/mol. The molecule has 6 nitrogen and oxygen atoms in total. The van der Waals surface area contributed by atoms with E-state index in [9.17, 15) is 8.42 Å². The first kappa shape index (κ1) is 13.3. The largest absolute Gasteiger partial charge is 0.308 e. The zero-order valence-corrected chi connectivity index (χ0v) is 11.2. The molecule has 1 atom stereocenters. The quantitative estimate of drug-likeness (QED) is 0.593. The number of aromatic nitrogens is 1. The van der Waals surface area contributed by atoms with Gasteiger partial charge in [0.2, 0.25) is 0 Å². The molecule has 0 spiro atoms. The molecule has 2 heterocycles. The second kappa shape index (κ2) is 5.21. The third-order valence-corrected chi connectivity index (χ3v) is 4.96. The summed E-state index contributed by atoms with van der Waals surface area (Å²) in [5.74, 6) is 6.40. The van der Waals surface area contributed by atoms with Crippen molar-refractivity contribution in [2.24, 2.45) is 5.84 Å². The summed E-state index contributed by atoms with van der Waals surface area (Å²) in [6, 6.07) is 3.83. The Hall–Kier alpha value is -1.18. The summed E-state index contributed by atoms with van der Waals surface area (Å²) < 4.78 is 23.0. The molecule has 100 valence electrons. The molecule has 0 radical (unpaired) electrons. The molecule has 0 aromatic carbocycles. The van der Waals surface area contributed by atoms with Crippen LogP contribution in [0.4, 0.5) is 5.82 Å². The summed E-state index contributed by atoms with van der Waals surface area (Å²) in [5, 5.41) is 0. The summed E-state index contributed by atoms with van der Waals surface area (Å²) in [5.41, 5.74) is 3.58. The lowest BCUT2D eigenvalue weighted by atomic mass is 10.2. The molecule has 0 amide bonds. The number of hydrogen-bond acceptors (Lipinski definition) is 6. The number of nitrogens with zero attached hydrogens (tertiary/aromatic N) is 2. The van der Waals surface area contributed by atoms with E-state index in [-0.39, 0.29) is 17.5 Å². The van der Waals surface area contributed by atoms with Crippen molar-refractivity contribution in [3.63, 3.8) is 0 Å². The molecule has 1 unspecified atom stereocenters. The van der Waals surface area contributed by atoms with Crippen molar-refractivity contribution in [1.29, 1.82) is 0 Å². The molecule has 1 saturated heterocycles. The Morgan fingerprint density at radius 2 is 2.39 bits per heavy atom. The number of sulfone groups is 1. The minimum atomic E-state index is -2.86. The first-order valence-electron chi connectivity index (χ1n) is 5.86. The summed E-state index contributed by atoms with van der Waals surface area (Å²) in [6.45, 7) is 3.24. The molecule has 1 aromatic heterocycles. The molecule has 2 rings (SSSR count). The van der Waals surface area contributed by atoms with Crippen LogP contribution in [0.1, 0.15) is 12.5 Å². The predicted octanol–water partition coefficient (Wildman–Crippen LogP) is -0.0139. The number of nitrogens with one attached hydrogen (secondary N) is 1. The van der Waals surface area contributed by atoms with Crippen LogP contribution in [-0.2, 0) is 16.4 Å². The Morgan fingerprint density at radius 1 is 1.61 bits per heavy atom. The van der Waals surface area contributed by atoms with Gasteiger partial charge in [0, 0.05) is 25.3 Å². The van der Waals surface area contributed by atoms with Crippen molar-refractivity contribution in [2.75, 3.05) is 23.5 Å². The highest BCUT2D eigenvalue weighted by molar-refractivity contribution is 7.91. The molecular formula is C11H18N4O2S. The van der Waals surface area contributed by atoms with Crippen LogP contribution in [0.25, 0.3) is 0 Å². The summed E-state index contributed by atoms with van der Waals surface area (Å²) in [4.78, 5) is 6.21. The fourth-order valence-electron chi connectivity index (χ4n) is 2.15. The second-order valence-corrected chi connectivity index (χ2v) is 6.86. The molecule has 3 N–H and O–H groups in total. The number of rotatable bonds is 3. The van der Waals surface area contributed by atoms with E-state index in [1.807, 2.05) is 19.1 Å². The van der Waals surface area contributed by atoms with Gasteiger partial charge in [-0.05, 0) is 24.6 Å². The minimum absolute atomic E-state index is 0.0474. The average Bonchev–Trinajstić information content (AvgIpc) is 2.32. The minimum Gasteiger partial charge on any atom is -0.308 e. The Bertz CT molecular complexity index is 518. The molecule has 7 heteroatoms. The van der Waals surface area contributed by atoms with Crippen molar-refractivity contribution in [3.05, 3.63) is 23.9 Å². The second-order valence-electron chi connectivity index (χ2n) is 4.63. The van der Waals surface area contributed by atoms with Crippen molar-refractivity contribution >= 4 is 15.7 Å². The third-order valence-electron chi connectivity index (χ3n) is 3.17. The fraction of sp³-hybridized carbons (Fsp3) is 0.545. The smallest absolute Gasteiger partial charge is 0.153 e. The van der Waals surface area contributed by atoms with Gasteiger partial charge < -0.3 is 5.43 Å². The molecular weight excluding hydrogens is 252 g/mol. The van der Waals surface area contributed by atoms with Gasteiger partial charge in [0.15, 0.2) is 9.84 Å². The highest BCUT2D eigenvalue weighted by Crippen LogP contribution is 2.16.